The van der Waals surface area contributed by atoms with Crippen molar-refractivity contribution in [2.75, 3.05) is 38.8 Å². The number of aliphatic hydroxyl groups is 2. The quantitative estimate of drug-likeness (QED) is 0.428. The van der Waals surface area contributed by atoms with Gasteiger partial charge < -0.3 is 24.6 Å². The van der Waals surface area contributed by atoms with E-state index in [0.29, 0.717) is 10.6 Å². The average molecular weight is 454 g/mol. The van der Waals surface area contributed by atoms with Crippen molar-refractivity contribution in [3.63, 3.8) is 0 Å². The third-order valence-corrected chi connectivity index (χ3v) is 7.09. The maximum atomic E-state index is 13.4. The number of anilines is 1. The van der Waals surface area contributed by atoms with Crippen LogP contribution in [0.1, 0.15) is 26.7 Å². The molecule has 8 nitrogen and oxygen atoms in total. The van der Waals surface area contributed by atoms with Crippen LogP contribution in [0, 0.1) is 11.3 Å². The van der Waals surface area contributed by atoms with E-state index in [1.807, 2.05) is 20.2 Å². The van der Waals surface area contributed by atoms with Gasteiger partial charge in [-0.15, -0.1) is 0 Å². The van der Waals surface area contributed by atoms with E-state index in [4.69, 9.17) is 9.47 Å². The van der Waals surface area contributed by atoms with Crippen LogP contribution in [0.2, 0.25) is 0 Å². The number of carbonyl (C=O) groups is 2. The number of carbonyl (C=O) groups excluding carboxylic acids is 2. The van der Waals surface area contributed by atoms with Crippen molar-refractivity contribution in [2.45, 2.75) is 37.2 Å². The Bertz CT molecular complexity index is 851. The molecule has 2 N–H and O–H groups in total. The zero-order valence-electron chi connectivity index (χ0n) is 18.4. The van der Waals surface area contributed by atoms with Gasteiger partial charge in [0, 0.05) is 31.3 Å². The summed E-state index contributed by atoms with van der Waals surface area (Å²) in [5, 5.41) is 21.2. The zero-order valence-corrected chi connectivity index (χ0v) is 19.2. The van der Waals surface area contributed by atoms with Crippen molar-refractivity contribution in [1.82, 2.24) is 0 Å². The monoisotopic (exact) mass is 453 g/mol. The number of hydrogen-bond donors (Lipinski definition) is 2. The lowest BCUT2D eigenvalue weighted by Gasteiger charge is -2.29. The summed E-state index contributed by atoms with van der Waals surface area (Å²) >= 11 is 0. The maximum absolute atomic E-state index is 13.4. The van der Waals surface area contributed by atoms with E-state index >= 15 is 0 Å². The summed E-state index contributed by atoms with van der Waals surface area (Å²) in [7, 11) is 1.84. The molecule has 1 aliphatic rings. The highest BCUT2D eigenvalue weighted by Crippen LogP contribution is 2.53. The number of rotatable bonds is 9. The lowest BCUT2D eigenvalue weighted by atomic mass is 9.84. The van der Waals surface area contributed by atoms with Crippen LogP contribution in [-0.4, -0.2) is 65.9 Å². The lowest BCUT2D eigenvalue weighted by molar-refractivity contribution is -0.173. The summed E-state index contributed by atoms with van der Waals surface area (Å²) in [5.74, 6) is -2.67. The minimum absolute atomic E-state index is 0.0330. The van der Waals surface area contributed by atoms with Gasteiger partial charge in [0.2, 0.25) is 0 Å². The molecule has 1 fully saturated rings. The first-order valence-electron chi connectivity index (χ1n) is 10.1. The molecule has 31 heavy (non-hydrogen) atoms. The standard InChI is InChI=1S/C22H31NO7S/c1-6-29-19(25)21(20(26)30-7-2)12-16(22(27,13-21)14-24)15(3)31(28)18-11-9-8-10-17(18)23(4)5/h8-11,16,24,27H,3,6-7,12-14H2,1-2,4-5H3/t16-,22-,31?/m1/s1. The Morgan fingerprint density at radius 3 is 2.23 bits per heavy atom. The van der Waals surface area contributed by atoms with Gasteiger partial charge in [0.1, 0.15) is 0 Å². The Morgan fingerprint density at radius 1 is 1.19 bits per heavy atom. The van der Waals surface area contributed by atoms with Crippen molar-refractivity contribution in [3.8, 4) is 0 Å². The van der Waals surface area contributed by atoms with Gasteiger partial charge in [-0.1, -0.05) is 18.7 Å². The van der Waals surface area contributed by atoms with E-state index in [2.05, 4.69) is 6.58 Å². The Labute approximate surface area is 185 Å². The smallest absolute Gasteiger partial charge is 0.323 e. The topological polar surface area (TPSA) is 113 Å². The second-order valence-corrected chi connectivity index (χ2v) is 9.32. The molecule has 0 bridgehead atoms. The van der Waals surface area contributed by atoms with E-state index in [9.17, 15) is 24.0 Å². The molecule has 0 radical (unpaired) electrons. The first-order valence-corrected chi connectivity index (χ1v) is 11.3. The van der Waals surface area contributed by atoms with Crippen molar-refractivity contribution in [3.05, 3.63) is 35.7 Å². The predicted molar refractivity (Wildman–Crippen MR) is 117 cm³/mol. The SMILES string of the molecule is C=C([C@H]1CC(C(=O)OCC)(C(=O)OCC)C[C@@]1(O)CO)S(=O)c1ccccc1N(C)C. The fourth-order valence-electron chi connectivity index (χ4n) is 4.02. The van der Waals surface area contributed by atoms with E-state index in [1.54, 1.807) is 36.9 Å². The van der Waals surface area contributed by atoms with Crippen LogP contribution >= 0.6 is 0 Å². The van der Waals surface area contributed by atoms with Gasteiger partial charge in [-0.3, -0.25) is 9.59 Å². The number of para-hydroxylation sites is 1. The third-order valence-electron chi connectivity index (χ3n) is 5.59. The fourth-order valence-corrected chi connectivity index (χ4v) is 5.51. The van der Waals surface area contributed by atoms with Gasteiger partial charge in [0.25, 0.3) is 0 Å². The Hall–Kier alpha value is -2.23. The van der Waals surface area contributed by atoms with Crippen LogP contribution in [0.4, 0.5) is 5.69 Å². The van der Waals surface area contributed by atoms with E-state index in [1.165, 1.54) is 0 Å². The highest BCUT2D eigenvalue weighted by Gasteiger charge is 2.64. The first kappa shape index (κ1) is 25.0. The van der Waals surface area contributed by atoms with E-state index < -0.39 is 52.7 Å². The molecular formula is C22H31NO7S. The number of ether oxygens (including phenoxy) is 2. The van der Waals surface area contributed by atoms with Gasteiger partial charge in [0.05, 0.1) is 46.8 Å². The number of aliphatic hydroxyl groups excluding tert-OH is 1. The molecule has 1 aromatic rings. The molecule has 0 aliphatic heterocycles. The van der Waals surface area contributed by atoms with Gasteiger partial charge in [-0.05, 0) is 32.4 Å². The summed E-state index contributed by atoms with van der Waals surface area (Å²) in [4.78, 5) is 28.0. The lowest BCUT2D eigenvalue weighted by Crippen LogP contribution is -2.43. The minimum atomic E-state index is -1.89. The molecule has 0 aromatic heterocycles. The molecule has 2 rings (SSSR count). The van der Waals surface area contributed by atoms with Crippen LogP contribution < -0.4 is 4.90 Å². The third kappa shape index (κ3) is 4.68. The molecule has 1 aromatic carbocycles. The van der Waals surface area contributed by atoms with Crippen LogP contribution in [0.5, 0.6) is 0 Å². The highest BCUT2D eigenvalue weighted by atomic mass is 32.2. The molecule has 172 valence electrons. The number of benzene rings is 1. The van der Waals surface area contributed by atoms with Gasteiger partial charge >= 0.3 is 11.9 Å². The van der Waals surface area contributed by atoms with Gasteiger partial charge in [0.15, 0.2) is 5.41 Å². The van der Waals surface area contributed by atoms with E-state index in [0.717, 1.165) is 0 Å². The second-order valence-electron chi connectivity index (χ2n) is 7.82. The van der Waals surface area contributed by atoms with Gasteiger partial charge in [-0.2, -0.15) is 0 Å². The predicted octanol–water partition coefficient (Wildman–Crippen LogP) is 1.62. The van der Waals surface area contributed by atoms with Crippen LogP contribution in [0.15, 0.2) is 40.6 Å². The van der Waals surface area contributed by atoms with Crippen molar-refractivity contribution < 1.29 is 33.5 Å². The van der Waals surface area contributed by atoms with Crippen molar-refractivity contribution >= 4 is 28.4 Å². The summed E-state index contributed by atoms with van der Waals surface area (Å²) in [6, 6.07) is 7.04. The Balaban J connectivity index is 2.49. The molecule has 0 spiro atoms. The van der Waals surface area contributed by atoms with Crippen LogP contribution in [0.25, 0.3) is 0 Å². The summed E-state index contributed by atoms with van der Waals surface area (Å²) in [6.45, 7) is 6.47. The Kier molecular flexibility index (Phi) is 8.02. The number of esters is 2. The molecule has 9 heteroatoms. The molecule has 1 aliphatic carbocycles. The van der Waals surface area contributed by atoms with Crippen molar-refractivity contribution in [2.24, 2.45) is 11.3 Å². The Morgan fingerprint density at radius 2 is 1.74 bits per heavy atom. The van der Waals surface area contributed by atoms with E-state index in [-0.39, 0.29) is 24.5 Å². The largest absolute Gasteiger partial charge is 0.465 e. The normalized spacial score (nSPS) is 23.1. The second kappa shape index (κ2) is 9.93. The van der Waals surface area contributed by atoms with Crippen LogP contribution in [0.3, 0.4) is 0 Å². The number of hydrogen-bond acceptors (Lipinski definition) is 8. The molecule has 3 atom stereocenters. The minimum Gasteiger partial charge on any atom is -0.465 e. The summed E-state index contributed by atoms with van der Waals surface area (Å²) in [5.41, 5.74) is -3.00. The summed E-state index contributed by atoms with van der Waals surface area (Å²) < 4.78 is 23.6. The molecular weight excluding hydrogens is 422 g/mol. The molecule has 1 unspecified atom stereocenters. The van der Waals surface area contributed by atoms with Gasteiger partial charge in [-0.25, -0.2) is 4.21 Å². The number of nitrogens with zero attached hydrogens (tertiary/aromatic N) is 1. The molecule has 0 saturated heterocycles. The zero-order chi connectivity index (χ0) is 23.4. The molecule has 0 heterocycles. The maximum Gasteiger partial charge on any atom is 0.323 e. The molecule has 1 saturated carbocycles. The van der Waals surface area contributed by atoms with Crippen molar-refractivity contribution in [1.29, 1.82) is 0 Å². The van der Waals surface area contributed by atoms with Crippen LogP contribution in [-0.2, 0) is 29.9 Å². The molecule has 0 amide bonds. The fraction of sp³-hybridized carbons (Fsp3) is 0.545. The summed E-state index contributed by atoms with van der Waals surface area (Å²) in [6.07, 6.45) is -0.638. The first-order chi connectivity index (χ1) is 14.6. The average Bonchev–Trinajstić information content (AvgIpc) is 3.08. The highest BCUT2D eigenvalue weighted by molar-refractivity contribution is 7.89.